The second-order valence-corrected chi connectivity index (χ2v) is 6.18. The van der Waals surface area contributed by atoms with Crippen LogP contribution in [0.1, 0.15) is 29.8 Å². The second kappa shape index (κ2) is 8.55. The van der Waals surface area contributed by atoms with Crippen LogP contribution in [0.25, 0.3) is 16.7 Å². The molecule has 0 unspecified atom stereocenters. The Morgan fingerprint density at radius 2 is 2.10 bits per heavy atom. The van der Waals surface area contributed by atoms with Gasteiger partial charge in [0.2, 0.25) is 5.91 Å². The maximum Gasteiger partial charge on any atom is 0.343 e. The SMILES string of the molecule is C/C=C/C(=O)Nc1c(C(=O)OCC)cnn1-c1cc(C)c2cccc(OC)c2n1. The highest BCUT2D eigenvalue weighted by atomic mass is 16.5. The Labute approximate surface area is 168 Å². The van der Waals surface area contributed by atoms with E-state index in [0.29, 0.717) is 17.1 Å². The number of allylic oxidation sites excluding steroid dienone is 1. The Morgan fingerprint density at radius 1 is 1.31 bits per heavy atom. The molecule has 1 aromatic carbocycles. The highest BCUT2D eigenvalue weighted by Crippen LogP contribution is 2.29. The first kappa shape index (κ1) is 20.1. The number of aryl methyl sites for hydroxylation is 1. The van der Waals surface area contributed by atoms with Crippen molar-refractivity contribution < 1.29 is 19.1 Å². The minimum absolute atomic E-state index is 0.143. The standard InChI is InChI=1S/C21H22N4O4/c1-5-8-18(26)24-20-15(21(27)29-6-2)12-22-25(20)17-11-13(3)14-9-7-10-16(28-4)19(14)23-17/h5,7-12H,6H2,1-4H3,(H,24,26)/b8-5+. The topological polar surface area (TPSA) is 95.3 Å². The summed E-state index contributed by atoms with van der Waals surface area (Å²) < 4.78 is 11.9. The summed E-state index contributed by atoms with van der Waals surface area (Å²) in [6, 6.07) is 7.49. The molecule has 0 spiro atoms. The molecule has 0 fully saturated rings. The number of nitrogens with one attached hydrogen (secondary N) is 1. The van der Waals surface area contributed by atoms with Crippen LogP contribution in [0.2, 0.25) is 0 Å². The molecular weight excluding hydrogens is 372 g/mol. The molecule has 0 bridgehead atoms. The summed E-state index contributed by atoms with van der Waals surface area (Å²) in [7, 11) is 1.58. The van der Waals surface area contributed by atoms with Gasteiger partial charge in [-0.3, -0.25) is 4.79 Å². The molecule has 1 N–H and O–H groups in total. The van der Waals surface area contributed by atoms with Gasteiger partial charge in [0.25, 0.3) is 0 Å². The Balaban J connectivity index is 2.19. The van der Waals surface area contributed by atoms with Gasteiger partial charge in [-0.05, 0) is 44.5 Å². The molecule has 1 amide bonds. The maximum atomic E-state index is 12.3. The van der Waals surface area contributed by atoms with Gasteiger partial charge < -0.3 is 14.8 Å². The Kier molecular flexibility index (Phi) is 5.92. The van der Waals surface area contributed by atoms with Gasteiger partial charge >= 0.3 is 5.97 Å². The van der Waals surface area contributed by atoms with E-state index in [1.165, 1.54) is 17.0 Å². The van der Waals surface area contributed by atoms with Crippen LogP contribution in [-0.2, 0) is 9.53 Å². The highest BCUT2D eigenvalue weighted by Gasteiger charge is 2.22. The molecule has 0 aliphatic carbocycles. The number of rotatable bonds is 6. The lowest BCUT2D eigenvalue weighted by Crippen LogP contribution is -2.16. The molecule has 29 heavy (non-hydrogen) atoms. The Bertz CT molecular complexity index is 1100. The molecule has 0 aliphatic heterocycles. The number of ether oxygens (including phenoxy) is 2. The van der Waals surface area contributed by atoms with E-state index in [1.807, 2.05) is 31.2 Å². The maximum absolute atomic E-state index is 12.3. The number of anilines is 1. The summed E-state index contributed by atoms with van der Waals surface area (Å²) in [6.45, 7) is 5.59. The van der Waals surface area contributed by atoms with Crippen LogP contribution in [0, 0.1) is 6.92 Å². The lowest BCUT2D eigenvalue weighted by molar-refractivity contribution is -0.111. The lowest BCUT2D eigenvalue weighted by Gasteiger charge is -2.12. The van der Waals surface area contributed by atoms with Crippen LogP contribution in [0.3, 0.4) is 0 Å². The number of esters is 1. The second-order valence-electron chi connectivity index (χ2n) is 6.18. The zero-order valence-electron chi connectivity index (χ0n) is 16.7. The summed E-state index contributed by atoms with van der Waals surface area (Å²) in [5.41, 5.74) is 1.75. The van der Waals surface area contributed by atoms with Crippen LogP contribution in [-0.4, -0.2) is 40.4 Å². The van der Waals surface area contributed by atoms with Crippen molar-refractivity contribution in [1.82, 2.24) is 14.8 Å². The van der Waals surface area contributed by atoms with E-state index in [2.05, 4.69) is 15.4 Å². The molecule has 8 heteroatoms. The smallest absolute Gasteiger partial charge is 0.343 e. The third-order valence-corrected chi connectivity index (χ3v) is 4.26. The third-order valence-electron chi connectivity index (χ3n) is 4.26. The first-order chi connectivity index (χ1) is 14.0. The number of aromatic nitrogens is 3. The number of hydrogen-bond donors (Lipinski definition) is 1. The molecule has 2 aromatic heterocycles. The molecule has 0 radical (unpaired) electrons. The van der Waals surface area contributed by atoms with Gasteiger partial charge in [-0.1, -0.05) is 18.2 Å². The van der Waals surface area contributed by atoms with E-state index in [9.17, 15) is 9.59 Å². The molecular formula is C21H22N4O4. The number of hydrogen-bond acceptors (Lipinski definition) is 6. The van der Waals surface area contributed by atoms with Crippen molar-refractivity contribution >= 4 is 28.6 Å². The normalized spacial score (nSPS) is 11.0. The number of amides is 1. The molecule has 0 atom stereocenters. The van der Waals surface area contributed by atoms with Crippen molar-refractivity contribution in [3.63, 3.8) is 0 Å². The van der Waals surface area contributed by atoms with Crippen molar-refractivity contribution in [2.24, 2.45) is 0 Å². The summed E-state index contributed by atoms with van der Waals surface area (Å²) in [6.07, 6.45) is 4.31. The molecule has 3 rings (SSSR count). The molecule has 8 nitrogen and oxygen atoms in total. The number of pyridine rings is 1. The number of benzene rings is 1. The van der Waals surface area contributed by atoms with Crippen LogP contribution >= 0.6 is 0 Å². The highest BCUT2D eigenvalue weighted by molar-refractivity contribution is 6.04. The van der Waals surface area contributed by atoms with Gasteiger partial charge in [0.05, 0.1) is 19.9 Å². The largest absolute Gasteiger partial charge is 0.494 e. The van der Waals surface area contributed by atoms with Crippen molar-refractivity contribution in [3.8, 4) is 11.6 Å². The lowest BCUT2D eigenvalue weighted by atomic mass is 10.1. The van der Waals surface area contributed by atoms with Crippen molar-refractivity contribution in [3.05, 3.63) is 53.7 Å². The first-order valence-corrected chi connectivity index (χ1v) is 9.13. The van der Waals surface area contributed by atoms with Gasteiger partial charge in [0.15, 0.2) is 11.6 Å². The number of fused-ring (bicyclic) bond motifs is 1. The number of methoxy groups -OCH3 is 1. The Hall–Kier alpha value is -3.68. The Morgan fingerprint density at radius 3 is 2.79 bits per heavy atom. The summed E-state index contributed by atoms with van der Waals surface area (Å²) in [4.78, 5) is 29.2. The van der Waals surface area contributed by atoms with Crippen LogP contribution in [0.5, 0.6) is 5.75 Å². The monoisotopic (exact) mass is 394 g/mol. The number of nitrogens with zero attached hydrogens (tertiary/aromatic N) is 3. The molecule has 150 valence electrons. The van der Waals surface area contributed by atoms with Gasteiger partial charge in [0.1, 0.15) is 16.8 Å². The number of carbonyl (C=O) groups excluding carboxylic acids is 2. The van der Waals surface area contributed by atoms with Gasteiger partial charge in [-0.15, -0.1) is 0 Å². The van der Waals surface area contributed by atoms with Crippen molar-refractivity contribution in [2.75, 3.05) is 19.0 Å². The van der Waals surface area contributed by atoms with Crippen LogP contribution in [0.4, 0.5) is 5.82 Å². The molecule has 0 saturated heterocycles. The number of carbonyl (C=O) groups is 2. The summed E-state index contributed by atoms with van der Waals surface area (Å²) >= 11 is 0. The predicted octanol–water partition coefficient (Wildman–Crippen LogP) is 3.43. The first-order valence-electron chi connectivity index (χ1n) is 9.13. The minimum atomic E-state index is -0.579. The fourth-order valence-corrected chi connectivity index (χ4v) is 2.96. The third kappa shape index (κ3) is 3.96. The van der Waals surface area contributed by atoms with E-state index in [-0.39, 0.29) is 18.0 Å². The summed E-state index contributed by atoms with van der Waals surface area (Å²) in [5, 5.41) is 7.91. The fraction of sp³-hybridized carbons (Fsp3) is 0.238. The van der Waals surface area contributed by atoms with E-state index in [4.69, 9.17) is 9.47 Å². The van der Waals surface area contributed by atoms with Gasteiger partial charge in [0, 0.05) is 5.39 Å². The van der Waals surface area contributed by atoms with Gasteiger partial charge in [-0.2, -0.15) is 9.78 Å². The zero-order chi connectivity index (χ0) is 21.0. The van der Waals surface area contributed by atoms with Crippen LogP contribution < -0.4 is 10.1 Å². The number of para-hydroxylation sites is 1. The predicted molar refractivity (Wildman–Crippen MR) is 110 cm³/mol. The minimum Gasteiger partial charge on any atom is -0.494 e. The quantitative estimate of drug-likeness (QED) is 0.508. The van der Waals surface area contributed by atoms with E-state index >= 15 is 0 Å². The molecule has 3 aromatic rings. The molecule has 2 heterocycles. The fourth-order valence-electron chi connectivity index (χ4n) is 2.96. The zero-order valence-corrected chi connectivity index (χ0v) is 16.7. The summed E-state index contributed by atoms with van der Waals surface area (Å²) in [5.74, 6) is 0.266. The molecule has 0 aliphatic rings. The van der Waals surface area contributed by atoms with E-state index in [1.54, 1.807) is 27.0 Å². The van der Waals surface area contributed by atoms with E-state index < -0.39 is 11.9 Å². The average Bonchev–Trinajstić information content (AvgIpc) is 3.11. The van der Waals surface area contributed by atoms with Crippen LogP contribution in [0.15, 0.2) is 42.6 Å². The van der Waals surface area contributed by atoms with E-state index in [0.717, 1.165) is 10.9 Å². The van der Waals surface area contributed by atoms with Crippen molar-refractivity contribution in [2.45, 2.75) is 20.8 Å². The van der Waals surface area contributed by atoms with Crippen molar-refractivity contribution in [1.29, 1.82) is 0 Å². The molecule has 0 saturated carbocycles. The van der Waals surface area contributed by atoms with Gasteiger partial charge in [-0.25, -0.2) is 9.78 Å². The average molecular weight is 394 g/mol.